The van der Waals surface area contributed by atoms with E-state index in [0.29, 0.717) is 18.6 Å². The van der Waals surface area contributed by atoms with E-state index in [1.807, 2.05) is 0 Å². The molecule has 3 nitrogen and oxygen atoms in total. The Morgan fingerprint density at radius 2 is 1.80 bits per heavy atom. The molecule has 1 amide bonds. The van der Waals surface area contributed by atoms with E-state index in [1.54, 1.807) is 0 Å². The van der Waals surface area contributed by atoms with Gasteiger partial charge >= 0.3 is 0 Å². The highest BCUT2D eigenvalue weighted by molar-refractivity contribution is 6.49. The van der Waals surface area contributed by atoms with Gasteiger partial charge in [0.25, 0.3) is 5.91 Å². The van der Waals surface area contributed by atoms with Crippen molar-refractivity contribution in [3.63, 3.8) is 0 Å². The molecule has 3 heteroatoms. The van der Waals surface area contributed by atoms with E-state index in [0.717, 1.165) is 25.7 Å². The van der Waals surface area contributed by atoms with Crippen molar-refractivity contribution in [2.24, 2.45) is 10.9 Å². The van der Waals surface area contributed by atoms with Gasteiger partial charge in [0.05, 0.1) is 5.71 Å². The molecule has 1 rings (SSSR count). The Bertz CT molecular complexity index is 281. The van der Waals surface area contributed by atoms with Gasteiger partial charge in [0.1, 0.15) is 5.92 Å². The van der Waals surface area contributed by atoms with Crippen LogP contribution in [0.4, 0.5) is 0 Å². The standard InChI is InChI=1S/C12H19NO2/c1-3-5-7-9-11(14)10(8-6-4-2)13-12(9)15/h9H,3-8H2,1-2H3. The largest absolute Gasteiger partial charge is 0.292 e. The van der Waals surface area contributed by atoms with Crippen molar-refractivity contribution in [1.29, 1.82) is 0 Å². The van der Waals surface area contributed by atoms with Gasteiger partial charge in [0.2, 0.25) is 0 Å². The van der Waals surface area contributed by atoms with Crippen LogP contribution in [0, 0.1) is 5.92 Å². The van der Waals surface area contributed by atoms with Gasteiger partial charge in [-0.25, -0.2) is 4.99 Å². The zero-order valence-corrected chi connectivity index (χ0v) is 9.58. The maximum Gasteiger partial charge on any atom is 0.257 e. The second-order valence-corrected chi connectivity index (χ2v) is 4.06. The van der Waals surface area contributed by atoms with Crippen LogP contribution in [-0.2, 0) is 9.59 Å². The number of carbonyl (C=O) groups is 2. The summed E-state index contributed by atoms with van der Waals surface area (Å²) in [6.45, 7) is 4.12. The second-order valence-electron chi connectivity index (χ2n) is 4.06. The van der Waals surface area contributed by atoms with Crippen molar-refractivity contribution in [3.8, 4) is 0 Å². The molecule has 0 N–H and O–H groups in total. The fourth-order valence-electron chi connectivity index (χ4n) is 1.77. The first kappa shape index (κ1) is 12.1. The molecule has 1 aliphatic heterocycles. The Morgan fingerprint density at radius 3 is 2.40 bits per heavy atom. The van der Waals surface area contributed by atoms with Crippen LogP contribution in [-0.4, -0.2) is 17.4 Å². The first-order chi connectivity index (χ1) is 7.20. The Labute approximate surface area is 91.0 Å². The third-order valence-electron chi connectivity index (χ3n) is 2.76. The topological polar surface area (TPSA) is 46.5 Å². The predicted octanol–water partition coefficient (Wildman–Crippen LogP) is 2.53. The van der Waals surface area contributed by atoms with Gasteiger partial charge in [-0.3, -0.25) is 9.59 Å². The zero-order chi connectivity index (χ0) is 11.3. The molecule has 0 aromatic heterocycles. The lowest BCUT2D eigenvalue weighted by Crippen LogP contribution is -2.20. The molecule has 15 heavy (non-hydrogen) atoms. The van der Waals surface area contributed by atoms with Crippen molar-refractivity contribution in [3.05, 3.63) is 0 Å². The van der Waals surface area contributed by atoms with E-state index in [2.05, 4.69) is 18.8 Å². The quantitative estimate of drug-likeness (QED) is 0.631. The van der Waals surface area contributed by atoms with Crippen LogP contribution in [0.1, 0.15) is 52.4 Å². The molecule has 1 aliphatic rings. The third kappa shape index (κ3) is 2.98. The fourth-order valence-corrected chi connectivity index (χ4v) is 1.77. The summed E-state index contributed by atoms with van der Waals surface area (Å²) in [5.41, 5.74) is 0.517. The Kier molecular flexibility index (Phi) is 4.66. The normalized spacial score (nSPS) is 20.9. The average Bonchev–Trinajstić information content (AvgIpc) is 2.49. The van der Waals surface area contributed by atoms with Crippen molar-refractivity contribution < 1.29 is 9.59 Å². The first-order valence-electron chi connectivity index (χ1n) is 5.86. The fraction of sp³-hybridized carbons (Fsp3) is 0.750. The van der Waals surface area contributed by atoms with Crippen LogP contribution in [0.25, 0.3) is 0 Å². The smallest absolute Gasteiger partial charge is 0.257 e. The molecular formula is C12H19NO2. The van der Waals surface area contributed by atoms with Gasteiger partial charge < -0.3 is 0 Å². The van der Waals surface area contributed by atoms with Crippen LogP contribution in [0.15, 0.2) is 4.99 Å². The first-order valence-corrected chi connectivity index (χ1v) is 5.86. The lowest BCUT2D eigenvalue weighted by Gasteiger charge is -2.04. The van der Waals surface area contributed by atoms with Gasteiger partial charge in [0.15, 0.2) is 5.78 Å². The molecule has 1 atom stereocenters. The number of ketones is 1. The molecule has 0 radical (unpaired) electrons. The summed E-state index contributed by atoms with van der Waals surface area (Å²) in [6, 6.07) is 0. The Hall–Kier alpha value is -0.990. The van der Waals surface area contributed by atoms with E-state index in [9.17, 15) is 9.59 Å². The number of Topliss-reactive ketones (excluding diaryl/α,β-unsaturated/α-hetero) is 1. The van der Waals surface area contributed by atoms with E-state index in [4.69, 9.17) is 0 Å². The molecule has 1 heterocycles. The molecule has 0 aliphatic carbocycles. The molecule has 0 saturated carbocycles. The minimum atomic E-state index is -0.447. The lowest BCUT2D eigenvalue weighted by molar-refractivity contribution is -0.127. The minimum Gasteiger partial charge on any atom is -0.292 e. The van der Waals surface area contributed by atoms with Gasteiger partial charge in [-0.15, -0.1) is 0 Å². The lowest BCUT2D eigenvalue weighted by atomic mass is 9.95. The summed E-state index contributed by atoms with van der Waals surface area (Å²) in [5, 5.41) is 0. The van der Waals surface area contributed by atoms with Crippen LogP contribution in [0.2, 0.25) is 0 Å². The molecular weight excluding hydrogens is 190 g/mol. The van der Waals surface area contributed by atoms with E-state index >= 15 is 0 Å². The molecule has 0 bridgehead atoms. The summed E-state index contributed by atoms with van der Waals surface area (Å²) >= 11 is 0. The molecule has 1 unspecified atom stereocenters. The third-order valence-corrected chi connectivity index (χ3v) is 2.76. The number of carbonyl (C=O) groups excluding carboxylic acids is 2. The highest BCUT2D eigenvalue weighted by Gasteiger charge is 2.34. The highest BCUT2D eigenvalue weighted by atomic mass is 16.2. The molecule has 0 aromatic carbocycles. The maximum atomic E-state index is 11.8. The van der Waals surface area contributed by atoms with Gasteiger partial charge in [-0.05, 0) is 19.3 Å². The summed E-state index contributed by atoms with van der Waals surface area (Å²) in [7, 11) is 0. The van der Waals surface area contributed by atoms with Crippen molar-refractivity contribution in [2.75, 3.05) is 0 Å². The number of unbranched alkanes of at least 4 members (excludes halogenated alkanes) is 2. The average molecular weight is 209 g/mol. The molecule has 0 fully saturated rings. The van der Waals surface area contributed by atoms with Crippen LogP contribution >= 0.6 is 0 Å². The van der Waals surface area contributed by atoms with Gasteiger partial charge in [-0.2, -0.15) is 0 Å². The monoisotopic (exact) mass is 209 g/mol. The minimum absolute atomic E-state index is 0.0121. The Morgan fingerprint density at radius 1 is 1.13 bits per heavy atom. The highest BCUT2D eigenvalue weighted by Crippen LogP contribution is 2.20. The summed E-state index contributed by atoms with van der Waals surface area (Å²) in [5.74, 6) is -0.668. The van der Waals surface area contributed by atoms with Gasteiger partial charge in [0, 0.05) is 0 Å². The number of hydrogen-bond donors (Lipinski definition) is 0. The van der Waals surface area contributed by atoms with Crippen molar-refractivity contribution >= 4 is 17.4 Å². The maximum absolute atomic E-state index is 11.8. The summed E-state index contributed by atoms with van der Waals surface area (Å²) in [6.07, 6.45) is 5.26. The van der Waals surface area contributed by atoms with Gasteiger partial charge in [-0.1, -0.05) is 33.1 Å². The number of nitrogens with zero attached hydrogens (tertiary/aromatic N) is 1. The van der Waals surface area contributed by atoms with Crippen molar-refractivity contribution in [1.82, 2.24) is 0 Å². The summed E-state index contributed by atoms with van der Waals surface area (Å²) < 4.78 is 0. The van der Waals surface area contributed by atoms with E-state index < -0.39 is 5.92 Å². The van der Waals surface area contributed by atoms with Crippen LogP contribution < -0.4 is 0 Å². The predicted molar refractivity (Wildman–Crippen MR) is 60.0 cm³/mol. The van der Waals surface area contributed by atoms with E-state index in [1.165, 1.54) is 0 Å². The number of rotatable bonds is 6. The number of hydrogen-bond acceptors (Lipinski definition) is 2. The number of aliphatic imine (C=N–C) groups is 1. The van der Waals surface area contributed by atoms with Crippen LogP contribution in [0.5, 0.6) is 0 Å². The zero-order valence-electron chi connectivity index (χ0n) is 9.58. The summed E-state index contributed by atoms with van der Waals surface area (Å²) in [4.78, 5) is 27.1. The van der Waals surface area contributed by atoms with Crippen LogP contribution in [0.3, 0.4) is 0 Å². The Balaban J connectivity index is 2.53. The second kappa shape index (κ2) is 5.79. The SMILES string of the molecule is CCCCC1=NC(=O)C(CCCC)C1=O. The molecule has 0 spiro atoms. The number of amides is 1. The molecule has 0 aromatic rings. The van der Waals surface area contributed by atoms with Crippen molar-refractivity contribution in [2.45, 2.75) is 52.4 Å². The van der Waals surface area contributed by atoms with E-state index in [-0.39, 0.29) is 11.7 Å². The molecule has 84 valence electrons. The molecule has 0 saturated heterocycles.